The number of aromatic hydroxyl groups is 1. The Morgan fingerprint density at radius 2 is 1.52 bits per heavy atom. The first kappa shape index (κ1) is 16.0. The second-order valence-electron chi connectivity index (χ2n) is 5.08. The molecule has 0 saturated heterocycles. The number of carbonyl (C=O) groups is 1. The molecule has 2 nitrogen and oxygen atoms in total. The molecule has 0 radical (unpaired) electrons. The topological polar surface area (TPSA) is 37.3 Å². The summed E-state index contributed by atoms with van der Waals surface area (Å²) in [6.07, 6.45) is 0. The Labute approximate surface area is 151 Å². The predicted octanol–water partition coefficient (Wildman–Crippen LogP) is 5.82. The number of benzene rings is 3. The minimum Gasteiger partial charge on any atom is -0.508 e. The maximum absolute atomic E-state index is 12.7. The van der Waals surface area contributed by atoms with Gasteiger partial charge in [-0.05, 0) is 53.6 Å². The third-order valence-electron chi connectivity index (χ3n) is 3.48. The summed E-state index contributed by atoms with van der Waals surface area (Å²) in [6.45, 7) is 0. The van der Waals surface area contributed by atoms with E-state index in [9.17, 15) is 9.90 Å². The van der Waals surface area contributed by atoms with Crippen molar-refractivity contribution < 1.29 is 9.90 Å². The van der Waals surface area contributed by atoms with Crippen molar-refractivity contribution in [3.63, 3.8) is 0 Å². The van der Waals surface area contributed by atoms with E-state index in [1.165, 1.54) is 6.07 Å². The van der Waals surface area contributed by atoms with Crippen LogP contribution in [-0.2, 0) is 0 Å². The first-order chi connectivity index (χ1) is 11.0. The van der Waals surface area contributed by atoms with Crippen LogP contribution in [-0.4, -0.2) is 10.9 Å². The van der Waals surface area contributed by atoms with Gasteiger partial charge in [0.05, 0.1) is 0 Å². The molecular weight excluding hydrogens is 420 g/mol. The molecule has 0 atom stereocenters. The van der Waals surface area contributed by atoms with Gasteiger partial charge < -0.3 is 5.11 Å². The number of hydrogen-bond acceptors (Lipinski definition) is 2. The van der Waals surface area contributed by atoms with Crippen LogP contribution >= 0.6 is 31.9 Å². The second-order valence-corrected chi connectivity index (χ2v) is 6.85. The van der Waals surface area contributed by atoms with Crippen molar-refractivity contribution in [1.29, 1.82) is 0 Å². The number of phenols is 1. The van der Waals surface area contributed by atoms with Gasteiger partial charge in [0.2, 0.25) is 0 Å². The summed E-state index contributed by atoms with van der Waals surface area (Å²) >= 11 is 6.80. The van der Waals surface area contributed by atoms with Gasteiger partial charge in [0.1, 0.15) is 5.75 Å². The molecule has 4 heteroatoms. The standard InChI is InChI=1S/C19H12Br2O2/c20-15-7-5-12(6-8-15)13-9-14(11-16(22)10-13)19(23)17-3-1-2-4-18(17)21/h1-11,22H. The summed E-state index contributed by atoms with van der Waals surface area (Å²) in [5, 5.41) is 10.0. The normalized spacial score (nSPS) is 10.5. The van der Waals surface area contributed by atoms with E-state index in [4.69, 9.17) is 0 Å². The number of ketones is 1. The van der Waals surface area contributed by atoms with Crippen LogP contribution in [0, 0.1) is 0 Å². The van der Waals surface area contributed by atoms with Crippen LogP contribution in [0.3, 0.4) is 0 Å². The van der Waals surface area contributed by atoms with Gasteiger partial charge in [0.15, 0.2) is 5.78 Å². The third-order valence-corrected chi connectivity index (χ3v) is 4.70. The van der Waals surface area contributed by atoms with Crippen molar-refractivity contribution in [2.75, 3.05) is 0 Å². The lowest BCUT2D eigenvalue weighted by Gasteiger charge is -2.08. The smallest absolute Gasteiger partial charge is 0.194 e. The maximum atomic E-state index is 12.7. The molecule has 3 aromatic carbocycles. The fourth-order valence-corrected chi connectivity index (χ4v) is 3.08. The zero-order valence-corrected chi connectivity index (χ0v) is 15.1. The van der Waals surface area contributed by atoms with Crippen LogP contribution in [0.25, 0.3) is 11.1 Å². The monoisotopic (exact) mass is 430 g/mol. The molecule has 3 rings (SSSR count). The average molecular weight is 432 g/mol. The number of halogens is 2. The summed E-state index contributed by atoms with van der Waals surface area (Å²) in [5.74, 6) is -0.0624. The largest absolute Gasteiger partial charge is 0.508 e. The molecule has 23 heavy (non-hydrogen) atoms. The Hall–Kier alpha value is -1.91. The van der Waals surface area contributed by atoms with Crippen LogP contribution in [0.15, 0.2) is 75.7 Å². The number of phenolic OH excluding ortho intramolecular Hbond substituents is 1. The number of hydrogen-bond donors (Lipinski definition) is 1. The molecule has 0 fully saturated rings. The van der Waals surface area contributed by atoms with Gasteiger partial charge in [-0.2, -0.15) is 0 Å². The van der Waals surface area contributed by atoms with E-state index in [1.54, 1.807) is 18.2 Å². The molecule has 0 bridgehead atoms. The highest BCUT2D eigenvalue weighted by Gasteiger charge is 2.14. The lowest BCUT2D eigenvalue weighted by molar-refractivity contribution is 0.103. The van der Waals surface area contributed by atoms with Crippen molar-refractivity contribution in [3.8, 4) is 16.9 Å². The minimum atomic E-state index is -0.133. The fourth-order valence-electron chi connectivity index (χ4n) is 2.35. The van der Waals surface area contributed by atoms with Crippen molar-refractivity contribution in [2.45, 2.75) is 0 Å². The molecule has 0 aliphatic heterocycles. The molecule has 1 N–H and O–H groups in total. The van der Waals surface area contributed by atoms with Crippen LogP contribution in [0.5, 0.6) is 5.75 Å². The lowest BCUT2D eigenvalue weighted by atomic mass is 9.98. The van der Waals surface area contributed by atoms with E-state index in [2.05, 4.69) is 31.9 Å². The average Bonchev–Trinajstić information content (AvgIpc) is 2.55. The zero-order chi connectivity index (χ0) is 16.4. The van der Waals surface area contributed by atoms with E-state index < -0.39 is 0 Å². The Morgan fingerprint density at radius 3 is 2.22 bits per heavy atom. The lowest BCUT2D eigenvalue weighted by Crippen LogP contribution is -2.02. The van der Waals surface area contributed by atoms with Gasteiger partial charge in [0, 0.05) is 20.1 Å². The van der Waals surface area contributed by atoms with Crippen molar-refractivity contribution >= 4 is 37.6 Å². The molecule has 0 spiro atoms. The van der Waals surface area contributed by atoms with E-state index >= 15 is 0 Å². The maximum Gasteiger partial charge on any atom is 0.194 e. The Bertz CT molecular complexity index is 871. The molecule has 3 aromatic rings. The highest BCUT2D eigenvalue weighted by Crippen LogP contribution is 2.29. The molecular formula is C19H12Br2O2. The first-order valence-electron chi connectivity index (χ1n) is 6.94. The molecule has 0 unspecified atom stereocenters. The third kappa shape index (κ3) is 3.54. The minimum absolute atomic E-state index is 0.0702. The van der Waals surface area contributed by atoms with Gasteiger partial charge in [-0.3, -0.25) is 4.79 Å². The Balaban J connectivity index is 2.06. The highest BCUT2D eigenvalue weighted by atomic mass is 79.9. The van der Waals surface area contributed by atoms with Crippen LogP contribution < -0.4 is 0 Å². The number of carbonyl (C=O) groups excluding carboxylic acids is 1. The van der Waals surface area contributed by atoms with E-state index in [0.29, 0.717) is 11.1 Å². The van der Waals surface area contributed by atoms with Crippen molar-refractivity contribution in [2.24, 2.45) is 0 Å². The number of rotatable bonds is 3. The predicted molar refractivity (Wildman–Crippen MR) is 98.8 cm³/mol. The summed E-state index contributed by atoms with van der Waals surface area (Å²) in [6, 6.07) is 19.9. The first-order valence-corrected chi connectivity index (χ1v) is 8.52. The molecule has 0 aromatic heterocycles. The van der Waals surface area contributed by atoms with Crippen LogP contribution in [0.1, 0.15) is 15.9 Å². The molecule has 0 aliphatic rings. The summed E-state index contributed by atoms with van der Waals surface area (Å²) < 4.78 is 1.71. The van der Waals surface area contributed by atoms with Gasteiger partial charge in [0.25, 0.3) is 0 Å². The van der Waals surface area contributed by atoms with Crippen molar-refractivity contribution in [3.05, 3.63) is 86.8 Å². The van der Waals surface area contributed by atoms with E-state index in [0.717, 1.165) is 20.1 Å². The van der Waals surface area contributed by atoms with Gasteiger partial charge in [-0.15, -0.1) is 0 Å². The van der Waals surface area contributed by atoms with Gasteiger partial charge >= 0.3 is 0 Å². The summed E-state index contributed by atoms with van der Waals surface area (Å²) in [5.41, 5.74) is 2.76. The Morgan fingerprint density at radius 1 is 0.826 bits per heavy atom. The quantitative estimate of drug-likeness (QED) is 0.531. The Kier molecular flexibility index (Phi) is 4.64. The van der Waals surface area contributed by atoms with Gasteiger partial charge in [-0.25, -0.2) is 0 Å². The SMILES string of the molecule is O=C(c1cc(O)cc(-c2ccc(Br)cc2)c1)c1ccccc1Br. The molecule has 114 valence electrons. The zero-order valence-electron chi connectivity index (χ0n) is 12.0. The van der Waals surface area contributed by atoms with E-state index in [1.807, 2.05) is 42.5 Å². The molecule has 0 saturated carbocycles. The van der Waals surface area contributed by atoms with Crippen LogP contribution in [0.4, 0.5) is 0 Å². The van der Waals surface area contributed by atoms with E-state index in [-0.39, 0.29) is 11.5 Å². The second kappa shape index (κ2) is 6.69. The molecule has 0 aliphatic carbocycles. The summed E-state index contributed by atoms with van der Waals surface area (Å²) in [7, 11) is 0. The highest BCUT2D eigenvalue weighted by molar-refractivity contribution is 9.10. The van der Waals surface area contributed by atoms with Crippen LogP contribution in [0.2, 0.25) is 0 Å². The van der Waals surface area contributed by atoms with Gasteiger partial charge in [-0.1, -0.05) is 56.1 Å². The summed E-state index contributed by atoms with van der Waals surface area (Å²) in [4.78, 5) is 12.7. The molecule has 0 heterocycles. The molecule has 0 amide bonds. The fraction of sp³-hybridized carbons (Fsp3) is 0. The van der Waals surface area contributed by atoms with Crippen molar-refractivity contribution in [1.82, 2.24) is 0 Å².